The molecule has 0 aliphatic rings. The Balaban J connectivity index is 2.51. The number of pyridine rings is 1. The average molecular weight is 286 g/mol. The summed E-state index contributed by atoms with van der Waals surface area (Å²) in [5.74, 6) is 0.801. The van der Waals surface area contributed by atoms with Gasteiger partial charge in [-0.05, 0) is 44.5 Å². The predicted molar refractivity (Wildman–Crippen MR) is 86.6 cm³/mol. The monoisotopic (exact) mass is 286 g/mol. The molecule has 112 valence electrons. The standard InChI is InChI=1S/C17H22N2O2/c1-4-10-19-16(9-8-15(18)17(19)20)13-6-5-7-14(11-13)21-12(2)3/h5-9,11-12H,4,10,18H2,1-3H3. The van der Waals surface area contributed by atoms with Crippen LogP contribution in [0.4, 0.5) is 5.69 Å². The van der Waals surface area contributed by atoms with Gasteiger partial charge >= 0.3 is 0 Å². The molecule has 0 unspecified atom stereocenters. The zero-order chi connectivity index (χ0) is 15.4. The van der Waals surface area contributed by atoms with E-state index in [9.17, 15) is 4.79 Å². The van der Waals surface area contributed by atoms with Crippen LogP contribution in [0.5, 0.6) is 5.75 Å². The van der Waals surface area contributed by atoms with Crippen molar-refractivity contribution in [3.63, 3.8) is 0 Å². The Bertz CT molecular complexity index is 675. The van der Waals surface area contributed by atoms with Gasteiger partial charge in [-0.15, -0.1) is 0 Å². The highest BCUT2D eigenvalue weighted by atomic mass is 16.5. The number of ether oxygens (including phenoxy) is 1. The van der Waals surface area contributed by atoms with E-state index in [1.807, 2.05) is 51.1 Å². The van der Waals surface area contributed by atoms with Crippen molar-refractivity contribution in [2.24, 2.45) is 0 Å². The van der Waals surface area contributed by atoms with Crippen molar-refractivity contribution in [1.29, 1.82) is 0 Å². The molecule has 0 radical (unpaired) electrons. The lowest BCUT2D eigenvalue weighted by molar-refractivity contribution is 0.242. The van der Waals surface area contributed by atoms with Gasteiger partial charge in [0.1, 0.15) is 5.75 Å². The highest BCUT2D eigenvalue weighted by molar-refractivity contribution is 5.63. The van der Waals surface area contributed by atoms with Crippen LogP contribution >= 0.6 is 0 Å². The third kappa shape index (κ3) is 3.45. The number of nitrogen functional groups attached to an aromatic ring is 1. The second-order valence-corrected chi connectivity index (χ2v) is 5.33. The van der Waals surface area contributed by atoms with Crippen molar-refractivity contribution < 1.29 is 4.74 Å². The van der Waals surface area contributed by atoms with E-state index in [2.05, 4.69) is 0 Å². The van der Waals surface area contributed by atoms with E-state index < -0.39 is 0 Å². The number of hydrogen-bond acceptors (Lipinski definition) is 3. The lowest BCUT2D eigenvalue weighted by Gasteiger charge is -2.15. The summed E-state index contributed by atoms with van der Waals surface area (Å²) in [6.45, 7) is 6.66. The van der Waals surface area contributed by atoms with Crippen LogP contribution in [0.25, 0.3) is 11.3 Å². The molecule has 0 atom stereocenters. The molecule has 0 aliphatic carbocycles. The van der Waals surface area contributed by atoms with Crippen molar-refractivity contribution in [3.05, 3.63) is 46.8 Å². The van der Waals surface area contributed by atoms with Crippen LogP contribution in [0.15, 0.2) is 41.2 Å². The zero-order valence-electron chi connectivity index (χ0n) is 12.8. The smallest absolute Gasteiger partial charge is 0.274 e. The van der Waals surface area contributed by atoms with Gasteiger partial charge < -0.3 is 15.0 Å². The number of nitrogens with zero attached hydrogens (tertiary/aromatic N) is 1. The maximum absolute atomic E-state index is 12.2. The molecule has 0 saturated heterocycles. The quantitative estimate of drug-likeness (QED) is 0.917. The van der Waals surface area contributed by atoms with E-state index in [0.717, 1.165) is 23.4 Å². The van der Waals surface area contributed by atoms with Crippen LogP contribution in [-0.4, -0.2) is 10.7 Å². The summed E-state index contributed by atoms with van der Waals surface area (Å²) in [5.41, 5.74) is 7.70. The van der Waals surface area contributed by atoms with Gasteiger partial charge in [0, 0.05) is 12.1 Å². The fraction of sp³-hybridized carbons (Fsp3) is 0.353. The van der Waals surface area contributed by atoms with E-state index in [-0.39, 0.29) is 17.4 Å². The maximum Gasteiger partial charge on any atom is 0.274 e. The molecule has 4 nitrogen and oxygen atoms in total. The first-order valence-electron chi connectivity index (χ1n) is 7.29. The molecule has 0 aliphatic heterocycles. The molecule has 2 rings (SSSR count). The van der Waals surface area contributed by atoms with Crippen molar-refractivity contribution in [2.75, 3.05) is 5.73 Å². The fourth-order valence-electron chi connectivity index (χ4n) is 2.29. The van der Waals surface area contributed by atoms with Crippen LogP contribution in [0, 0.1) is 0 Å². The third-order valence-corrected chi connectivity index (χ3v) is 3.15. The Labute approximate surface area is 125 Å². The molecular weight excluding hydrogens is 264 g/mol. The van der Waals surface area contributed by atoms with E-state index in [1.165, 1.54) is 0 Å². The van der Waals surface area contributed by atoms with Crippen molar-refractivity contribution in [3.8, 4) is 17.0 Å². The maximum atomic E-state index is 12.2. The minimum absolute atomic E-state index is 0.115. The Morgan fingerprint density at radius 2 is 2.00 bits per heavy atom. The lowest BCUT2D eigenvalue weighted by Crippen LogP contribution is -2.24. The predicted octanol–water partition coefficient (Wildman–Crippen LogP) is 3.29. The Morgan fingerprint density at radius 3 is 2.67 bits per heavy atom. The van der Waals surface area contributed by atoms with Crippen LogP contribution in [0.1, 0.15) is 27.2 Å². The SMILES string of the molecule is CCCn1c(-c2cccc(OC(C)C)c2)ccc(N)c1=O. The number of anilines is 1. The largest absolute Gasteiger partial charge is 0.491 e. The van der Waals surface area contributed by atoms with E-state index in [1.54, 1.807) is 10.6 Å². The van der Waals surface area contributed by atoms with Crippen LogP contribution in [0.3, 0.4) is 0 Å². The van der Waals surface area contributed by atoms with Crippen molar-refractivity contribution >= 4 is 5.69 Å². The topological polar surface area (TPSA) is 57.2 Å². The van der Waals surface area contributed by atoms with Gasteiger partial charge in [-0.3, -0.25) is 4.79 Å². The molecule has 0 amide bonds. The average Bonchev–Trinajstić information content (AvgIpc) is 2.44. The van der Waals surface area contributed by atoms with Gasteiger partial charge in [-0.1, -0.05) is 19.1 Å². The number of rotatable bonds is 5. The molecule has 2 aromatic rings. The molecule has 1 aromatic carbocycles. The Kier molecular flexibility index (Phi) is 4.68. The van der Waals surface area contributed by atoms with Gasteiger partial charge in [0.2, 0.25) is 0 Å². The Morgan fingerprint density at radius 1 is 1.24 bits per heavy atom. The van der Waals surface area contributed by atoms with Crippen molar-refractivity contribution in [1.82, 2.24) is 4.57 Å². The summed E-state index contributed by atoms with van der Waals surface area (Å²) >= 11 is 0. The Hall–Kier alpha value is -2.23. The first-order chi connectivity index (χ1) is 10.0. The summed E-state index contributed by atoms with van der Waals surface area (Å²) in [6, 6.07) is 11.3. The third-order valence-electron chi connectivity index (χ3n) is 3.15. The first kappa shape index (κ1) is 15.2. The lowest BCUT2D eigenvalue weighted by atomic mass is 10.1. The summed E-state index contributed by atoms with van der Waals surface area (Å²) in [7, 11) is 0. The second kappa shape index (κ2) is 6.48. The first-order valence-corrected chi connectivity index (χ1v) is 7.29. The van der Waals surface area contributed by atoms with Gasteiger partial charge in [0.25, 0.3) is 5.56 Å². The molecule has 0 saturated carbocycles. The van der Waals surface area contributed by atoms with Gasteiger partial charge in [-0.25, -0.2) is 0 Å². The summed E-state index contributed by atoms with van der Waals surface area (Å²) < 4.78 is 7.44. The highest BCUT2D eigenvalue weighted by Crippen LogP contribution is 2.24. The van der Waals surface area contributed by atoms with Gasteiger partial charge in [-0.2, -0.15) is 0 Å². The minimum atomic E-state index is -0.135. The van der Waals surface area contributed by atoms with E-state index in [4.69, 9.17) is 10.5 Å². The molecule has 2 N–H and O–H groups in total. The number of hydrogen-bond donors (Lipinski definition) is 1. The fourth-order valence-corrected chi connectivity index (χ4v) is 2.29. The molecule has 0 bridgehead atoms. The van der Waals surface area contributed by atoms with Crippen molar-refractivity contribution in [2.45, 2.75) is 39.8 Å². The summed E-state index contributed by atoms with van der Waals surface area (Å²) in [6.07, 6.45) is 0.989. The molecule has 21 heavy (non-hydrogen) atoms. The van der Waals surface area contributed by atoms with Crippen LogP contribution < -0.4 is 16.0 Å². The molecular formula is C17H22N2O2. The highest BCUT2D eigenvalue weighted by Gasteiger charge is 2.09. The molecule has 0 fully saturated rings. The molecule has 0 spiro atoms. The van der Waals surface area contributed by atoms with Gasteiger partial charge in [0.15, 0.2) is 0 Å². The molecule has 4 heteroatoms. The molecule has 1 aromatic heterocycles. The minimum Gasteiger partial charge on any atom is -0.491 e. The normalized spacial score (nSPS) is 10.9. The zero-order valence-corrected chi connectivity index (χ0v) is 12.8. The summed E-state index contributed by atoms with van der Waals surface area (Å²) in [4.78, 5) is 12.2. The van der Waals surface area contributed by atoms with Crippen LogP contribution in [0.2, 0.25) is 0 Å². The summed E-state index contributed by atoms with van der Waals surface area (Å²) in [5, 5.41) is 0. The molecule has 1 heterocycles. The van der Waals surface area contributed by atoms with E-state index in [0.29, 0.717) is 6.54 Å². The van der Waals surface area contributed by atoms with E-state index >= 15 is 0 Å². The number of nitrogens with two attached hydrogens (primary N) is 1. The second-order valence-electron chi connectivity index (χ2n) is 5.33. The van der Waals surface area contributed by atoms with Gasteiger partial charge in [0.05, 0.1) is 17.5 Å². The number of benzene rings is 1. The van der Waals surface area contributed by atoms with Crippen LogP contribution in [-0.2, 0) is 6.54 Å². The number of aromatic nitrogens is 1.